The number of nitrogens with zero attached hydrogens (tertiary/aromatic N) is 2. The van der Waals surface area contributed by atoms with Gasteiger partial charge >= 0.3 is 0 Å². The molecule has 0 aromatic carbocycles. The summed E-state index contributed by atoms with van der Waals surface area (Å²) >= 11 is 1.40. The van der Waals surface area contributed by atoms with E-state index in [2.05, 4.69) is 29.4 Å². The van der Waals surface area contributed by atoms with E-state index in [0.29, 0.717) is 17.5 Å². The maximum absolute atomic E-state index is 11.4. The van der Waals surface area contributed by atoms with Crippen LogP contribution in [0.1, 0.15) is 31.7 Å². The van der Waals surface area contributed by atoms with E-state index in [1.807, 2.05) is 6.92 Å². The number of rotatable bonds is 4. The van der Waals surface area contributed by atoms with Crippen LogP contribution in [0.25, 0.3) is 0 Å². The van der Waals surface area contributed by atoms with Gasteiger partial charge in [-0.05, 0) is 19.3 Å². The number of nitrogens with one attached hydrogen (secondary N) is 1. The third kappa shape index (κ3) is 3.83. The van der Waals surface area contributed by atoms with Crippen LogP contribution in [0, 0.1) is 12.8 Å². The lowest BCUT2D eigenvalue weighted by Gasteiger charge is -2.03. The van der Waals surface area contributed by atoms with Crippen molar-refractivity contribution < 1.29 is 4.79 Å². The molecule has 14 heavy (non-hydrogen) atoms. The van der Waals surface area contributed by atoms with Crippen molar-refractivity contribution in [2.45, 2.75) is 33.6 Å². The summed E-state index contributed by atoms with van der Waals surface area (Å²) in [6.45, 7) is 6.06. The predicted octanol–water partition coefficient (Wildman–Crippen LogP) is 2.22. The maximum atomic E-state index is 11.4. The van der Waals surface area contributed by atoms with E-state index >= 15 is 0 Å². The second kappa shape index (κ2) is 5.05. The molecule has 0 radical (unpaired) electrons. The largest absolute Gasteiger partial charge is 0.301 e. The van der Waals surface area contributed by atoms with E-state index < -0.39 is 0 Å². The summed E-state index contributed by atoms with van der Waals surface area (Å²) in [7, 11) is 0. The number of hydrogen-bond acceptors (Lipinski definition) is 4. The van der Waals surface area contributed by atoms with Gasteiger partial charge in [0, 0.05) is 6.42 Å². The summed E-state index contributed by atoms with van der Waals surface area (Å²) in [5.41, 5.74) is 0. The van der Waals surface area contributed by atoms with Crippen molar-refractivity contribution in [2.24, 2.45) is 5.92 Å². The minimum absolute atomic E-state index is 0.0230. The van der Waals surface area contributed by atoms with Crippen molar-refractivity contribution >= 4 is 22.4 Å². The van der Waals surface area contributed by atoms with Crippen molar-refractivity contribution in [3.63, 3.8) is 0 Å². The van der Waals surface area contributed by atoms with Crippen LogP contribution in [-0.2, 0) is 4.79 Å². The molecule has 5 heteroatoms. The SMILES string of the molecule is Cc1nnc(NC(=O)CCC(C)C)s1. The average Bonchev–Trinajstić information content (AvgIpc) is 2.48. The predicted molar refractivity (Wildman–Crippen MR) is 57.3 cm³/mol. The number of carbonyl (C=O) groups is 1. The lowest BCUT2D eigenvalue weighted by atomic mass is 10.1. The van der Waals surface area contributed by atoms with Gasteiger partial charge in [0.15, 0.2) is 0 Å². The third-order valence-corrected chi connectivity index (χ3v) is 2.48. The van der Waals surface area contributed by atoms with E-state index in [9.17, 15) is 4.79 Å². The number of anilines is 1. The Morgan fingerprint density at radius 2 is 2.21 bits per heavy atom. The first-order valence-corrected chi connectivity index (χ1v) is 5.49. The van der Waals surface area contributed by atoms with Gasteiger partial charge in [-0.3, -0.25) is 4.79 Å². The normalized spacial score (nSPS) is 10.6. The lowest BCUT2D eigenvalue weighted by Crippen LogP contribution is -2.11. The molecule has 0 fully saturated rings. The molecule has 0 unspecified atom stereocenters. The molecular formula is C9H15N3OS. The molecule has 0 saturated carbocycles. The molecule has 0 aliphatic heterocycles. The fourth-order valence-corrected chi connectivity index (χ4v) is 1.56. The molecule has 78 valence electrons. The van der Waals surface area contributed by atoms with Crippen LogP contribution in [0.4, 0.5) is 5.13 Å². The number of hydrogen-bond donors (Lipinski definition) is 1. The van der Waals surface area contributed by atoms with Gasteiger partial charge in [-0.15, -0.1) is 10.2 Å². The zero-order valence-corrected chi connectivity index (χ0v) is 9.52. The van der Waals surface area contributed by atoms with E-state index in [-0.39, 0.29) is 5.91 Å². The highest BCUT2D eigenvalue weighted by molar-refractivity contribution is 7.15. The summed E-state index contributed by atoms with van der Waals surface area (Å²) in [6, 6.07) is 0. The second-order valence-corrected chi connectivity index (χ2v) is 4.79. The highest BCUT2D eigenvalue weighted by atomic mass is 32.1. The van der Waals surface area contributed by atoms with Crippen LogP contribution in [0.3, 0.4) is 0 Å². The molecule has 0 bridgehead atoms. The highest BCUT2D eigenvalue weighted by Crippen LogP contribution is 2.14. The van der Waals surface area contributed by atoms with E-state index in [1.165, 1.54) is 11.3 Å². The summed E-state index contributed by atoms with van der Waals surface area (Å²) in [5.74, 6) is 0.576. The Balaban J connectivity index is 2.34. The molecule has 0 atom stereocenters. The van der Waals surface area contributed by atoms with Gasteiger partial charge in [-0.1, -0.05) is 25.2 Å². The van der Waals surface area contributed by atoms with Crippen LogP contribution < -0.4 is 5.32 Å². The molecule has 0 aliphatic rings. The molecule has 1 aromatic rings. The maximum Gasteiger partial charge on any atom is 0.226 e. The Labute approximate surface area is 87.7 Å². The van der Waals surface area contributed by atoms with Crippen LogP contribution in [-0.4, -0.2) is 16.1 Å². The second-order valence-electron chi connectivity index (χ2n) is 3.61. The van der Waals surface area contributed by atoms with Crippen molar-refractivity contribution in [3.05, 3.63) is 5.01 Å². The van der Waals surface area contributed by atoms with Crippen molar-refractivity contribution in [2.75, 3.05) is 5.32 Å². The third-order valence-electron chi connectivity index (χ3n) is 1.72. The molecule has 1 rings (SSSR count). The standard InChI is InChI=1S/C9H15N3OS/c1-6(2)4-5-8(13)10-9-12-11-7(3)14-9/h6H,4-5H2,1-3H3,(H,10,12,13). The molecule has 1 amide bonds. The minimum atomic E-state index is 0.0230. The molecular weight excluding hydrogens is 198 g/mol. The molecule has 1 N–H and O–H groups in total. The van der Waals surface area contributed by atoms with Crippen LogP contribution in [0.2, 0.25) is 0 Å². The van der Waals surface area contributed by atoms with Gasteiger partial charge in [0.1, 0.15) is 5.01 Å². The van der Waals surface area contributed by atoms with E-state index in [1.54, 1.807) is 0 Å². The molecule has 4 nitrogen and oxygen atoms in total. The first kappa shape index (κ1) is 11.1. The van der Waals surface area contributed by atoms with Gasteiger partial charge in [-0.25, -0.2) is 0 Å². The van der Waals surface area contributed by atoms with Gasteiger partial charge in [0.05, 0.1) is 0 Å². The molecule has 0 aliphatic carbocycles. The fourth-order valence-electron chi connectivity index (χ4n) is 0.949. The lowest BCUT2D eigenvalue weighted by molar-refractivity contribution is -0.116. The van der Waals surface area contributed by atoms with Crippen molar-refractivity contribution in [1.82, 2.24) is 10.2 Å². The zero-order valence-electron chi connectivity index (χ0n) is 8.70. The monoisotopic (exact) mass is 213 g/mol. The van der Waals surface area contributed by atoms with Crippen LogP contribution >= 0.6 is 11.3 Å². The summed E-state index contributed by atoms with van der Waals surface area (Å²) < 4.78 is 0. The van der Waals surface area contributed by atoms with E-state index in [4.69, 9.17) is 0 Å². The molecule has 0 saturated heterocycles. The average molecular weight is 213 g/mol. The summed E-state index contributed by atoms with van der Waals surface area (Å²) in [5, 5.41) is 11.8. The van der Waals surface area contributed by atoms with Crippen molar-refractivity contribution in [3.8, 4) is 0 Å². The quantitative estimate of drug-likeness (QED) is 0.834. The number of aryl methyl sites for hydroxylation is 1. The first-order valence-electron chi connectivity index (χ1n) is 4.68. The topological polar surface area (TPSA) is 54.9 Å². The number of carbonyl (C=O) groups excluding carboxylic acids is 1. The number of aromatic nitrogens is 2. The Kier molecular flexibility index (Phi) is 4.00. The zero-order chi connectivity index (χ0) is 10.6. The molecule has 1 heterocycles. The van der Waals surface area contributed by atoms with Gasteiger partial charge in [0.25, 0.3) is 0 Å². The van der Waals surface area contributed by atoms with E-state index in [0.717, 1.165) is 11.4 Å². The highest BCUT2D eigenvalue weighted by Gasteiger charge is 2.06. The summed E-state index contributed by atoms with van der Waals surface area (Å²) in [4.78, 5) is 11.4. The Morgan fingerprint density at radius 1 is 1.50 bits per heavy atom. The Hall–Kier alpha value is -0.970. The Bertz CT molecular complexity index is 309. The smallest absolute Gasteiger partial charge is 0.226 e. The van der Waals surface area contributed by atoms with Crippen molar-refractivity contribution in [1.29, 1.82) is 0 Å². The minimum Gasteiger partial charge on any atom is -0.301 e. The van der Waals surface area contributed by atoms with Gasteiger partial charge in [0.2, 0.25) is 11.0 Å². The Morgan fingerprint density at radius 3 is 2.71 bits per heavy atom. The number of amides is 1. The van der Waals surface area contributed by atoms with Gasteiger partial charge in [-0.2, -0.15) is 0 Å². The fraction of sp³-hybridized carbons (Fsp3) is 0.667. The van der Waals surface area contributed by atoms with Crippen LogP contribution in [0.15, 0.2) is 0 Å². The molecule has 1 aromatic heterocycles. The summed E-state index contributed by atoms with van der Waals surface area (Å²) in [6.07, 6.45) is 1.46. The van der Waals surface area contributed by atoms with Crippen LogP contribution in [0.5, 0.6) is 0 Å². The van der Waals surface area contributed by atoms with Gasteiger partial charge < -0.3 is 5.32 Å². The molecule has 0 spiro atoms. The first-order chi connectivity index (χ1) is 6.58.